The van der Waals surface area contributed by atoms with Crippen LogP contribution in [0.15, 0.2) is 34.9 Å². The van der Waals surface area contributed by atoms with Crippen LogP contribution in [0.1, 0.15) is 36.7 Å². The normalized spacial score (nSPS) is 14.8. The van der Waals surface area contributed by atoms with Gasteiger partial charge in [0, 0.05) is 34.4 Å². The molecule has 0 amide bonds. The molecule has 1 aliphatic rings. The fourth-order valence-corrected chi connectivity index (χ4v) is 3.57. The highest BCUT2D eigenvalue weighted by molar-refractivity contribution is 9.10. The number of benzene rings is 1. The second kappa shape index (κ2) is 6.24. The smallest absolute Gasteiger partial charge is 0.127 e. The summed E-state index contributed by atoms with van der Waals surface area (Å²) in [5, 5.41) is 3.48. The van der Waals surface area contributed by atoms with Crippen LogP contribution in [0.3, 0.4) is 0 Å². The molecule has 0 saturated carbocycles. The Morgan fingerprint density at radius 1 is 1.43 bits per heavy atom. The summed E-state index contributed by atoms with van der Waals surface area (Å²) in [6, 6.07) is 9.00. The summed E-state index contributed by atoms with van der Waals surface area (Å²) in [5.74, 6) is 1.08. The van der Waals surface area contributed by atoms with Gasteiger partial charge in [-0.05, 0) is 43.3 Å². The molecule has 2 heterocycles. The highest BCUT2D eigenvalue weighted by Crippen LogP contribution is 2.34. The van der Waals surface area contributed by atoms with E-state index in [2.05, 4.69) is 70.1 Å². The highest BCUT2D eigenvalue weighted by Gasteiger charge is 2.18. The Bertz CT molecular complexity index is 636. The predicted molar refractivity (Wildman–Crippen MR) is 89.0 cm³/mol. The molecule has 3 rings (SSSR count). The minimum Gasteiger partial charge on any atom is -0.493 e. The number of hydrogen-bond donors (Lipinski definition) is 1. The molecule has 1 aromatic carbocycles. The van der Waals surface area contributed by atoms with Crippen molar-refractivity contribution in [2.45, 2.75) is 32.9 Å². The van der Waals surface area contributed by atoms with Gasteiger partial charge in [0.1, 0.15) is 5.75 Å². The summed E-state index contributed by atoms with van der Waals surface area (Å²) in [4.78, 5) is 0. The summed E-state index contributed by atoms with van der Waals surface area (Å²) in [5.41, 5.74) is 3.87. The van der Waals surface area contributed by atoms with Crippen LogP contribution in [0.5, 0.6) is 5.75 Å². The molecule has 0 bridgehead atoms. The third kappa shape index (κ3) is 3.01. The van der Waals surface area contributed by atoms with E-state index in [-0.39, 0.29) is 0 Å². The molecule has 112 valence electrons. The number of nitrogens with zero attached hydrogens (tertiary/aromatic N) is 1. The summed E-state index contributed by atoms with van der Waals surface area (Å²) in [7, 11) is 0. The second-order valence-electron chi connectivity index (χ2n) is 5.49. The number of halogens is 1. The van der Waals surface area contributed by atoms with Crippen LogP contribution in [0, 0.1) is 0 Å². The molecular weight excluding hydrogens is 328 g/mol. The van der Waals surface area contributed by atoms with E-state index in [4.69, 9.17) is 4.74 Å². The van der Waals surface area contributed by atoms with Crippen LogP contribution in [0.2, 0.25) is 0 Å². The van der Waals surface area contributed by atoms with Crippen molar-refractivity contribution >= 4 is 15.9 Å². The average Bonchev–Trinajstić information content (AvgIpc) is 3.07. The van der Waals surface area contributed by atoms with Crippen LogP contribution in [0.25, 0.3) is 0 Å². The van der Waals surface area contributed by atoms with Crippen molar-refractivity contribution in [3.8, 4) is 5.75 Å². The van der Waals surface area contributed by atoms with Crippen molar-refractivity contribution in [3.05, 3.63) is 51.8 Å². The number of ether oxygens (including phenoxy) is 1. The maximum atomic E-state index is 5.83. The van der Waals surface area contributed by atoms with Crippen molar-refractivity contribution in [2.24, 2.45) is 0 Å². The zero-order chi connectivity index (χ0) is 14.8. The van der Waals surface area contributed by atoms with Gasteiger partial charge in [-0.15, -0.1) is 0 Å². The zero-order valence-electron chi connectivity index (χ0n) is 12.5. The lowest BCUT2D eigenvalue weighted by atomic mass is 10.1. The van der Waals surface area contributed by atoms with Gasteiger partial charge >= 0.3 is 0 Å². The average molecular weight is 349 g/mol. The fraction of sp³-hybridized carbons (Fsp3) is 0.412. The van der Waals surface area contributed by atoms with Crippen LogP contribution < -0.4 is 10.1 Å². The van der Waals surface area contributed by atoms with Gasteiger partial charge in [0.2, 0.25) is 0 Å². The van der Waals surface area contributed by atoms with E-state index in [1.165, 1.54) is 16.8 Å². The van der Waals surface area contributed by atoms with E-state index >= 15 is 0 Å². The minimum absolute atomic E-state index is 0.353. The molecule has 3 nitrogen and oxygen atoms in total. The van der Waals surface area contributed by atoms with Gasteiger partial charge in [0.15, 0.2) is 0 Å². The number of nitrogens with one attached hydrogen (secondary N) is 1. The molecule has 1 atom stereocenters. The van der Waals surface area contributed by atoms with Gasteiger partial charge in [0.05, 0.1) is 13.2 Å². The third-order valence-electron chi connectivity index (χ3n) is 3.98. The molecule has 0 saturated heterocycles. The Balaban J connectivity index is 1.90. The maximum absolute atomic E-state index is 5.83. The van der Waals surface area contributed by atoms with Gasteiger partial charge < -0.3 is 14.6 Å². The molecule has 1 aliphatic heterocycles. The Hall–Kier alpha value is -1.26. The van der Waals surface area contributed by atoms with Crippen molar-refractivity contribution in [2.75, 3.05) is 13.2 Å². The van der Waals surface area contributed by atoms with Crippen LogP contribution >= 0.6 is 15.9 Å². The first-order valence-electron chi connectivity index (χ1n) is 7.51. The monoisotopic (exact) mass is 348 g/mol. The minimum atomic E-state index is 0.353. The molecule has 1 aromatic heterocycles. The van der Waals surface area contributed by atoms with Crippen LogP contribution in [0.4, 0.5) is 0 Å². The van der Waals surface area contributed by atoms with Crippen molar-refractivity contribution in [3.63, 3.8) is 0 Å². The summed E-state index contributed by atoms with van der Waals surface area (Å²) < 4.78 is 9.27. The van der Waals surface area contributed by atoms with E-state index in [9.17, 15) is 0 Å². The van der Waals surface area contributed by atoms with E-state index in [0.29, 0.717) is 6.04 Å². The lowest BCUT2D eigenvalue weighted by Crippen LogP contribution is -2.20. The Kier molecular flexibility index (Phi) is 4.36. The lowest BCUT2D eigenvalue weighted by Gasteiger charge is -2.17. The number of fused-ring (bicyclic) bond motifs is 1. The molecule has 2 aromatic rings. The third-order valence-corrected chi connectivity index (χ3v) is 4.44. The van der Waals surface area contributed by atoms with Gasteiger partial charge in [-0.1, -0.05) is 22.9 Å². The fourth-order valence-electron chi connectivity index (χ4n) is 3.02. The Morgan fingerprint density at radius 2 is 2.29 bits per heavy atom. The van der Waals surface area contributed by atoms with E-state index in [1.807, 2.05) is 0 Å². The van der Waals surface area contributed by atoms with Crippen molar-refractivity contribution in [1.82, 2.24) is 9.88 Å². The molecule has 4 heteroatoms. The van der Waals surface area contributed by atoms with Gasteiger partial charge in [-0.2, -0.15) is 0 Å². The molecule has 0 aliphatic carbocycles. The number of rotatable bonds is 5. The highest BCUT2D eigenvalue weighted by atomic mass is 79.9. The quantitative estimate of drug-likeness (QED) is 0.886. The molecule has 0 spiro atoms. The standard InChI is InChI=1S/C17H21BrN2O/c1-3-19-12(2)16-5-4-7-20(16)11-14-10-15(18)9-13-6-8-21-17(13)14/h4-5,7,9-10,12,19H,3,6,8,11H2,1-2H3. The molecule has 1 N–H and O–H groups in total. The second-order valence-corrected chi connectivity index (χ2v) is 6.41. The largest absolute Gasteiger partial charge is 0.493 e. The van der Waals surface area contributed by atoms with Crippen LogP contribution in [-0.4, -0.2) is 17.7 Å². The first-order chi connectivity index (χ1) is 10.2. The molecule has 0 radical (unpaired) electrons. The van der Waals surface area contributed by atoms with E-state index in [1.54, 1.807) is 0 Å². The van der Waals surface area contributed by atoms with E-state index < -0.39 is 0 Å². The van der Waals surface area contributed by atoms with E-state index in [0.717, 1.165) is 36.3 Å². The maximum Gasteiger partial charge on any atom is 0.127 e. The molecular formula is C17H21BrN2O. The van der Waals surface area contributed by atoms with Gasteiger partial charge in [-0.25, -0.2) is 0 Å². The first kappa shape index (κ1) is 14.7. The van der Waals surface area contributed by atoms with Crippen molar-refractivity contribution < 1.29 is 4.74 Å². The Morgan fingerprint density at radius 3 is 3.10 bits per heavy atom. The summed E-state index contributed by atoms with van der Waals surface area (Å²) in [6.07, 6.45) is 3.15. The van der Waals surface area contributed by atoms with Crippen molar-refractivity contribution in [1.29, 1.82) is 0 Å². The number of aromatic nitrogens is 1. The Labute approximate surface area is 134 Å². The van der Waals surface area contributed by atoms with Gasteiger partial charge in [-0.3, -0.25) is 0 Å². The van der Waals surface area contributed by atoms with Crippen LogP contribution in [-0.2, 0) is 13.0 Å². The lowest BCUT2D eigenvalue weighted by molar-refractivity contribution is 0.352. The molecule has 21 heavy (non-hydrogen) atoms. The first-order valence-corrected chi connectivity index (χ1v) is 8.31. The molecule has 0 fully saturated rings. The zero-order valence-corrected chi connectivity index (χ0v) is 14.1. The molecule has 1 unspecified atom stereocenters. The topological polar surface area (TPSA) is 26.2 Å². The predicted octanol–water partition coefficient (Wildman–Crippen LogP) is 3.90. The summed E-state index contributed by atoms with van der Waals surface area (Å²) in [6.45, 7) is 6.96. The number of hydrogen-bond acceptors (Lipinski definition) is 2. The summed E-state index contributed by atoms with van der Waals surface area (Å²) >= 11 is 3.62. The SMILES string of the molecule is CCNC(C)c1cccn1Cc1cc(Br)cc2c1OCC2. The van der Waals surface area contributed by atoms with Gasteiger partial charge in [0.25, 0.3) is 0 Å².